The summed E-state index contributed by atoms with van der Waals surface area (Å²) in [7, 11) is 0. The van der Waals surface area contributed by atoms with Crippen molar-refractivity contribution < 1.29 is 0 Å². The maximum atomic E-state index is 4.73. The Labute approximate surface area is 116 Å². The Balaban J connectivity index is 1.65. The maximum absolute atomic E-state index is 4.73. The molecule has 1 heterocycles. The number of rotatable bonds is 1. The summed E-state index contributed by atoms with van der Waals surface area (Å²) in [5, 5.41) is 0. The highest BCUT2D eigenvalue weighted by molar-refractivity contribution is 5.61. The summed E-state index contributed by atoms with van der Waals surface area (Å²) in [4.78, 5) is 4.73. The van der Waals surface area contributed by atoms with Crippen LogP contribution in [0.25, 0.3) is 0 Å². The van der Waals surface area contributed by atoms with Crippen LogP contribution in [0, 0.1) is 29.1 Å². The van der Waals surface area contributed by atoms with Gasteiger partial charge in [0.1, 0.15) is 0 Å². The third-order valence-electron chi connectivity index (χ3n) is 6.43. The van der Waals surface area contributed by atoms with Crippen LogP contribution in [0.15, 0.2) is 27.9 Å². The molecule has 0 aromatic carbocycles. The fourth-order valence-corrected chi connectivity index (χ4v) is 5.25. The Bertz CT molecular complexity index is 510. The highest BCUT2D eigenvalue weighted by Gasteiger charge is 2.61. The summed E-state index contributed by atoms with van der Waals surface area (Å²) >= 11 is 0. The molecule has 5 atom stereocenters. The van der Waals surface area contributed by atoms with Crippen LogP contribution in [0.4, 0.5) is 0 Å². The topological polar surface area (TPSA) is 12.4 Å². The zero-order valence-electron chi connectivity index (χ0n) is 12.4. The van der Waals surface area contributed by atoms with Crippen molar-refractivity contribution >= 4 is 6.21 Å². The van der Waals surface area contributed by atoms with Crippen molar-refractivity contribution in [2.75, 3.05) is 0 Å². The van der Waals surface area contributed by atoms with E-state index in [0.717, 1.165) is 30.1 Å². The van der Waals surface area contributed by atoms with Crippen molar-refractivity contribution in [3.05, 3.63) is 22.9 Å². The molecule has 4 aliphatic rings. The lowest BCUT2D eigenvalue weighted by Crippen LogP contribution is -2.47. The van der Waals surface area contributed by atoms with Gasteiger partial charge >= 0.3 is 0 Å². The van der Waals surface area contributed by atoms with E-state index in [1.54, 1.807) is 11.1 Å². The molecule has 2 bridgehead atoms. The summed E-state index contributed by atoms with van der Waals surface area (Å²) in [6, 6.07) is 0. The van der Waals surface area contributed by atoms with Crippen LogP contribution in [0.1, 0.15) is 52.9 Å². The fourth-order valence-electron chi connectivity index (χ4n) is 5.25. The van der Waals surface area contributed by atoms with Gasteiger partial charge in [-0.05, 0) is 73.7 Å². The Morgan fingerprint density at radius 3 is 2.89 bits per heavy atom. The summed E-state index contributed by atoms with van der Waals surface area (Å²) < 4.78 is 0. The van der Waals surface area contributed by atoms with Crippen LogP contribution in [0.3, 0.4) is 0 Å². The first-order valence-electron chi connectivity index (χ1n) is 8.04. The van der Waals surface area contributed by atoms with Gasteiger partial charge in [-0.25, -0.2) is 0 Å². The quantitative estimate of drug-likeness (QED) is 0.599. The first kappa shape index (κ1) is 11.9. The lowest BCUT2D eigenvalue weighted by Gasteiger charge is -2.55. The molecule has 0 saturated heterocycles. The molecule has 4 rings (SSSR count). The molecule has 1 heteroatoms. The minimum absolute atomic E-state index is 0.558. The molecule has 1 nitrogen and oxygen atoms in total. The van der Waals surface area contributed by atoms with E-state index < -0.39 is 0 Å². The van der Waals surface area contributed by atoms with Crippen LogP contribution in [0.5, 0.6) is 0 Å². The molecule has 3 aliphatic carbocycles. The third-order valence-corrected chi connectivity index (χ3v) is 6.43. The molecule has 1 saturated carbocycles. The minimum atomic E-state index is 0.558. The second-order valence-corrected chi connectivity index (χ2v) is 7.61. The van der Waals surface area contributed by atoms with Crippen LogP contribution in [-0.4, -0.2) is 6.21 Å². The van der Waals surface area contributed by atoms with Gasteiger partial charge in [-0.1, -0.05) is 25.5 Å². The van der Waals surface area contributed by atoms with Gasteiger partial charge in [0.15, 0.2) is 0 Å². The molecule has 1 aliphatic heterocycles. The van der Waals surface area contributed by atoms with Gasteiger partial charge in [0.25, 0.3) is 0 Å². The Kier molecular flexibility index (Phi) is 2.41. The van der Waals surface area contributed by atoms with Gasteiger partial charge < -0.3 is 0 Å². The van der Waals surface area contributed by atoms with Crippen molar-refractivity contribution in [2.24, 2.45) is 34.1 Å². The molecule has 0 radical (unpaired) electrons. The van der Waals surface area contributed by atoms with Gasteiger partial charge in [-0.2, -0.15) is 0 Å². The van der Waals surface area contributed by atoms with E-state index in [4.69, 9.17) is 4.99 Å². The smallest absolute Gasteiger partial charge is 0.0394 e. The lowest BCUT2D eigenvalue weighted by molar-refractivity contribution is 0.00376. The highest BCUT2D eigenvalue weighted by Crippen LogP contribution is 2.70. The molecule has 0 N–H and O–H groups in total. The van der Waals surface area contributed by atoms with Crippen LogP contribution in [-0.2, 0) is 0 Å². The van der Waals surface area contributed by atoms with Crippen molar-refractivity contribution in [3.63, 3.8) is 0 Å². The number of hydrogen-bond donors (Lipinski definition) is 0. The van der Waals surface area contributed by atoms with Crippen LogP contribution >= 0.6 is 0 Å². The number of allylic oxidation sites excluding steroid dienone is 4. The maximum Gasteiger partial charge on any atom is 0.0394 e. The molecule has 0 amide bonds. The molecule has 19 heavy (non-hydrogen) atoms. The average molecular weight is 255 g/mol. The van der Waals surface area contributed by atoms with E-state index in [1.165, 1.54) is 31.4 Å². The predicted molar refractivity (Wildman–Crippen MR) is 80.1 cm³/mol. The first-order chi connectivity index (χ1) is 9.10. The highest BCUT2D eigenvalue weighted by atomic mass is 14.8. The average Bonchev–Trinajstić information content (AvgIpc) is 2.85. The predicted octanol–water partition coefficient (Wildman–Crippen LogP) is 4.75. The Morgan fingerprint density at radius 2 is 2.16 bits per heavy atom. The van der Waals surface area contributed by atoms with Gasteiger partial charge in [0.05, 0.1) is 0 Å². The summed E-state index contributed by atoms with van der Waals surface area (Å²) in [5.74, 6) is 3.42. The second kappa shape index (κ2) is 3.84. The van der Waals surface area contributed by atoms with Gasteiger partial charge in [0, 0.05) is 11.9 Å². The van der Waals surface area contributed by atoms with Crippen molar-refractivity contribution in [1.29, 1.82) is 0 Å². The van der Waals surface area contributed by atoms with E-state index in [1.807, 2.05) is 0 Å². The van der Waals surface area contributed by atoms with Crippen LogP contribution < -0.4 is 0 Å². The van der Waals surface area contributed by atoms with E-state index in [2.05, 4.69) is 33.1 Å². The van der Waals surface area contributed by atoms with Gasteiger partial charge in [0.2, 0.25) is 0 Å². The number of nitrogens with zero attached hydrogens (tertiary/aromatic N) is 1. The van der Waals surface area contributed by atoms with Crippen LogP contribution in [0.2, 0.25) is 0 Å². The largest absolute Gasteiger partial charge is 0.266 e. The molecule has 102 valence electrons. The lowest BCUT2D eigenvalue weighted by atomic mass is 9.49. The standard InChI is InChI=1S/C18H25N/c1-11-4-5-19-17(6-11)13(3)16-8-15-7-14-10-18(15,16)9-12(14)2/h5,10-12,15-16H,4,6-9H2,1-3H3/b17-13+. The molecule has 1 fully saturated rings. The SMILES string of the molecule is C/C(=C1/CC(C)CC=N1)C1CC2CC3=CC21CC3C. The Hall–Kier alpha value is -0.850. The van der Waals surface area contributed by atoms with E-state index in [9.17, 15) is 0 Å². The molecule has 5 unspecified atom stereocenters. The van der Waals surface area contributed by atoms with E-state index in [0.29, 0.717) is 5.41 Å². The molecular weight excluding hydrogens is 230 g/mol. The Morgan fingerprint density at radius 1 is 1.32 bits per heavy atom. The summed E-state index contributed by atoms with van der Waals surface area (Å²) in [6.07, 6.45) is 11.4. The zero-order chi connectivity index (χ0) is 13.2. The zero-order valence-corrected chi connectivity index (χ0v) is 12.4. The summed E-state index contributed by atoms with van der Waals surface area (Å²) in [6.45, 7) is 7.15. The monoisotopic (exact) mass is 255 g/mol. The molecule has 0 aromatic rings. The summed E-state index contributed by atoms with van der Waals surface area (Å²) in [5.41, 5.74) is 5.36. The van der Waals surface area contributed by atoms with Gasteiger partial charge in [-0.3, -0.25) is 4.99 Å². The van der Waals surface area contributed by atoms with E-state index >= 15 is 0 Å². The first-order valence-corrected chi connectivity index (χ1v) is 8.04. The minimum Gasteiger partial charge on any atom is -0.266 e. The normalized spacial score (nSPS) is 49.7. The second-order valence-electron chi connectivity index (χ2n) is 7.61. The van der Waals surface area contributed by atoms with Crippen molar-refractivity contribution in [3.8, 4) is 0 Å². The third kappa shape index (κ3) is 1.50. The fraction of sp³-hybridized carbons (Fsp3) is 0.722. The van der Waals surface area contributed by atoms with E-state index in [-0.39, 0.29) is 0 Å². The van der Waals surface area contributed by atoms with Crippen molar-refractivity contribution in [2.45, 2.75) is 52.9 Å². The van der Waals surface area contributed by atoms with Gasteiger partial charge in [-0.15, -0.1) is 0 Å². The number of aliphatic imine (C=N–C) groups is 1. The molecule has 0 aromatic heterocycles. The van der Waals surface area contributed by atoms with Crippen molar-refractivity contribution in [1.82, 2.24) is 0 Å². The molecule has 1 spiro atoms. The number of hydrogen-bond acceptors (Lipinski definition) is 1. The molecular formula is C18H25N.